The van der Waals surface area contributed by atoms with Crippen molar-refractivity contribution in [3.63, 3.8) is 0 Å². The summed E-state index contributed by atoms with van der Waals surface area (Å²) in [7, 11) is 3.47. The van der Waals surface area contributed by atoms with Gasteiger partial charge in [-0.1, -0.05) is 0 Å². The van der Waals surface area contributed by atoms with Crippen LogP contribution in [0.15, 0.2) is 24.9 Å². The molecule has 1 atom stereocenters. The van der Waals surface area contributed by atoms with Gasteiger partial charge in [0, 0.05) is 33.1 Å². The first-order valence-electron chi connectivity index (χ1n) is 6.46. The number of carbonyl (C=O) groups is 1. The Bertz CT molecular complexity index is 618. The lowest BCUT2D eigenvalue weighted by Gasteiger charge is -2.34. The topological polar surface area (TPSA) is 65.2 Å². The van der Waals surface area contributed by atoms with Crippen LogP contribution in [0.5, 0.6) is 0 Å². The molecule has 0 bridgehead atoms. The Kier molecular flexibility index (Phi) is 3.27. The molecule has 3 heterocycles. The molecule has 106 valence electrons. The Morgan fingerprint density at radius 1 is 1.50 bits per heavy atom. The van der Waals surface area contributed by atoms with E-state index in [9.17, 15) is 4.79 Å². The van der Waals surface area contributed by atoms with Gasteiger partial charge in [0.25, 0.3) is 5.91 Å². The number of carbonyl (C=O) groups excluding carboxylic acids is 1. The van der Waals surface area contributed by atoms with Crippen LogP contribution in [0.1, 0.15) is 22.1 Å². The van der Waals surface area contributed by atoms with Crippen LogP contribution in [0.3, 0.4) is 0 Å². The van der Waals surface area contributed by atoms with Crippen molar-refractivity contribution >= 4 is 5.91 Å². The van der Waals surface area contributed by atoms with Crippen LogP contribution in [0.2, 0.25) is 0 Å². The molecule has 0 fully saturated rings. The van der Waals surface area contributed by atoms with E-state index in [1.807, 2.05) is 4.90 Å². The fourth-order valence-corrected chi connectivity index (χ4v) is 2.58. The smallest absolute Gasteiger partial charge is 0.257 e. The van der Waals surface area contributed by atoms with Gasteiger partial charge < -0.3 is 14.2 Å². The highest BCUT2D eigenvalue weighted by atomic mass is 16.5. The Morgan fingerprint density at radius 3 is 3.05 bits per heavy atom. The number of aryl methyl sites for hydroxylation is 1. The molecule has 20 heavy (non-hydrogen) atoms. The largest absolute Gasteiger partial charge is 0.382 e. The van der Waals surface area contributed by atoms with E-state index in [4.69, 9.17) is 4.74 Å². The molecule has 0 aliphatic carbocycles. The van der Waals surface area contributed by atoms with Gasteiger partial charge in [-0.15, -0.1) is 0 Å². The van der Waals surface area contributed by atoms with E-state index in [-0.39, 0.29) is 11.9 Å². The van der Waals surface area contributed by atoms with E-state index >= 15 is 0 Å². The molecule has 0 N–H and O–H groups in total. The highest BCUT2D eigenvalue weighted by Crippen LogP contribution is 2.22. The van der Waals surface area contributed by atoms with Crippen LogP contribution in [0.25, 0.3) is 0 Å². The van der Waals surface area contributed by atoms with Gasteiger partial charge in [0.1, 0.15) is 0 Å². The minimum atomic E-state index is -0.00773. The van der Waals surface area contributed by atoms with Crippen LogP contribution in [-0.2, 0) is 18.3 Å². The van der Waals surface area contributed by atoms with Gasteiger partial charge in [0.05, 0.1) is 43.0 Å². The second kappa shape index (κ2) is 5.09. The van der Waals surface area contributed by atoms with Crippen LogP contribution in [-0.4, -0.2) is 50.4 Å². The number of imidazole rings is 1. The molecule has 3 rings (SSSR count). The van der Waals surface area contributed by atoms with Gasteiger partial charge in [-0.25, -0.2) is 4.98 Å². The third kappa shape index (κ3) is 2.20. The molecule has 0 spiro atoms. The van der Waals surface area contributed by atoms with Gasteiger partial charge in [-0.05, 0) is 0 Å². The van der Waals surface area contributed by atoms with Crippen molar-refractivity contribution in [3.8, 4) is 0 Å². The normalized spacial score (nSPS) is 18.1. The first-order valence-corrected chi connectivity index (χ1v) is 6.46. The van der Waals surface area contributed by atoms with Gasteiger partial charge in [0.15, 0.2) is 0 Å². The molecule has 2 aromatic heterocycles. The monoisotopic (exact) mass is 275 g/mol. The summed E-state index contributed by atoms with van der Waals surface area (Å²) in [5.41, 5.74) is 1.63. The van der Waals surface area contributed by atoms with E-state index in [2.05, 4.69) is 14.6 Å². The third-order valence-corrected chi connectivity index (χ3v) is 3.52. The lowest BCUT2D eigenvalue weighted by Crippen LogP contribution is -2.42. The first-order chi connectivity index (χ1) is 9.69. The van der Waals surface area contributed by atoms with E-state index in [1.54, 1.807) is 43.8 Å². The molecule has 0 radical (unpaired) electrons. The van der Waals surface area contributed by atoms with Crippen molar-refractivity contribution in [1.29, 1.82) is 0 Å². The van der Waals surface area contributed by atoms with Gasteiger partial charge >= 0.3 is 0 Å². The number of nitrogens with zero attached hydrogens (tertiary/aromatic N) is 5. The van der Waals surface area contributed by atoms with Crippen LogP contribution in [0, 0.1) is 0 Å². The maximum atomic E-state index is 12.5. The Balaban J connectivity index is 1.84. The number of methoxy groups -OCH3 is 1. The molecule has 7 nitrogen and oxygen atoms in total. The summed E-state index contributed by atoms with van der Waals surface area (Å²) in [6, 6.07) is 0.104. The van der Waals surface area contributed by atoms with Crippen molar-refractivity contribution < 1.29 is 9.53 Å². The predicted molar refractivity (Wildman–Crippen MR) is 71.1 cm³/mol. The summed E-state index contributed by atoms with van der Waals surface area (Å²) in [4.78, 5) is 18.5. The molecule has 0 saturated heterocycles. The summed E-state index contributed by atoms with van der Waals surface area (Å²) in [6.07, 6.45) is 6.93. The van der Waals surface area contributed by atoms with Crippen molar-refractivity contribution in [2.45, 2.75) is 12.6 Å². The highest BCUT2D eigenvalue weighted by Gasteiger charge is 2.28. The molecular weight excluding hydrogens is 258 g/mol. The van der Waals surface area contributed by atoms with Gasteiger partial charge in [-0.2, -0.15) is 5.10 Å². The maximum absolute atomic E-state index is 12.5. The molecule has 7 heteroatoms. The summed E-state index contributed by atoms with van der Waals surface area (Å²) in [6.45, 7) is 1.74. The second-order valence-corrected chi connectivity index (χ2v) is 4.99. The number of hydrogen-bond donors (Lipinski definition) is 0. The molecule has 0 unspecified atom stereocenters. The molecule has 2 aromatic rings. The predicted octanol–water partition coefficient (Wildman–Crippen LogP) is 0.460. The fourth-order valence-electron chi connectivity index (χ4n) is 2.58. The molecular formula is C13H17N5O2. The van der Waals surface area contributed by atoms with Crippen LogP contribution in [0.4, 0.5) is 0 Å². The lowest BCUT2D eigenvalue weighted by molar-refractivity contribution is 0.0599. The van der Waals surface area contributed by atoms with Crippen LogP contribution >= 0.6 is 0 Å². The quantitative estimate of drug-likeness (QED) is 0.816. The van der Waals surface area contributed by atoms with E-state index in [0.29, 0.717) is 25.3 Å². The molecule has 1 aliphatic rings. The highest BCUT2D eigenvalue weighted by molar-refractivity contribution is 5.93. The summed E-state index contributed by atoms with van der Waals surface area (Å²) >= 11 is 0. The first kappa shape index (κ1) is 12.9. The SMILES string of the molecule is COC[C@H]1CN(C(=O)c2cnn(C)c2)Cc2cncn21. The molecule has 0 aromatic carbocycles. The molecule has 1 amide bonds. The van der Waals surface area contributed by atoms with Crippen molar-refractivity contribution in [2.24, 2.45) is 7.05 Å². The Morgan fingerprint density at radius 2 is 2.35 bits per heavy atom. The van der Waals surface area contributed by atoms with Crippen molar-refractivity contribution in [3.05, 3.63) is 36.2 Å². The van der Waals surface area contributed by atoms with Crippen LogP contribution < -0.4 is 0 Å². The molecule has 0 saturated carbocycles. The van der Waals surface area contributed by atoms with E-state index < -0.39 is 0 Å². The fraction of sp³-hybridized carbons (Fsp3) is 0.462. The van der Waals surface area contributed by atoms with Gasteiger partial charge in [0.2, 0.25) is 0 Å². The minimum Gasteiger partial charge on any atom is -0.382 e. The van der Waals surface area contributed by atoms with Gasteiger partial charge in [-0.3, -0.25) is 9.48 Å². The average molecular weight is 275 g/mol. The minimum absolute atomic E-state index is 0.00773. The van der Waals surface area contributed by atoms with Crippen molar-refractivity contribution in [2.75, 3.05) is 20.3 Å². The number of rotatable bonds is 3. The van der Waals surface area contributed by atoms with E-state index in [1.165, 1.54) is 0 Å². The van der Waals surface area contributed by atoms with E-state index in [0.717, 1.165) is 5.69 Å². The lowest BCUT2D eigenvalue weighted by atomic mass is 10.1. The Hall–Kier alpha value is -2.15. The zero-order chi connectivity index (χ0) is 14.1. The standard InChI is InChI=1S/C13H17N5O2/c1-16-5-10(3-15-16)13(19)17-6-11-4-14-9-18(11)12(7-17)8-20-2/h3-5,9,12H,6-8H2,1-2H3/t12-/m1/s1. The average Bonchev–Trinajstić information content (AvgIpc) is 3.06. The zero-order valence-corrected chi connectivity index (χ0v) is 11.6. The number of ether oxygens (including phenoxy) is 1. The van der Waals surface area contributed by atoms with Crippen molar-refractivity contribution in [1.82, 2.24) is 24.2 Å². The maximum Gasteiger partial charge on any atom is 0.257 e. The summed E-state index contributed by atoms with van der Waals surface area (Å²) in [5, 5.41) is 4.05. The third-order valence-electron chi connectivity index (χ3n) is 3.52. The number of fused-ring (bicyclic) bond motifs is 1. The zero-order valence-electron chi connectivity index (χ0n) is 11.6. The number of amides is 1. The Labute approximate surface area is 116 Å². The second-order valence-electron chi connectivity index (χ2n) is 4.99. The number of hydrogen-bond acceptors (Lipinski definition) is 4. The summed E-state index contributed by atoms with van der Waals surface area (Å²) in [5.74, 6) is -0.00773. The summed E-state index contributed by atoms with van der Waals surface area (Å²) < 4.78 is 8.96. The number of aromatic nitrogens is 4. The molecule has 1 aliphatic heterocycles.